The molecule has 0 aromatic carbocycles. The summed E-state index contributed by atoms with van der Waals surface area (Å²) in [4.78, 5) is 11.9. The number of carbonyl (C=O) groups is 1. The summed E-state index contributed by atoms with van der Waals surface area (Å²) in [6, 6.07) is 2.33. The molecule has 2 heterocycles. The third kappa shape index (κ3) is 2.44. The zero-order valence-corrected chi connectivity index (χ0v) is 9.86. The molecule has 4 heteroatoms. The number of aryl methyl sites for hydroxylation is 1. The minimum Gasteiger partial charge on any atom is -0.357 e. The van der Waals surface area contributed by atoms with E-state index in [0.717, 1.165) is 18.5 Å². The third-order valence-corrected chi connectivity index (χ3v) is 3.22. The van der Waals surface area contributed by atoms with Crippen molar-refractivity contribution >= 4 is 5.91 Å². The van der Waals surface area contributed by atoms with Crippen molar-refractivity contribution in [1.82, 2.24) is 15.2 Å². The molecule has 1 amide bonds. The van der Waals surface area contributed by atoms with Crippen molar-refractivity contribution in [3.8, 4) is 0 Å². The van der Waals surface area contributed by atoms with Gasteiger partial charge in [0.25, 0.3) is 0 Å². The molecular weight excluding hydrogens is 202 g/mol. The molecule has 1 saturated heterocycles. The van der Waals surface area contributed by atoms with Crippen LogP contribution in [0.1, 0.15) is 18.9 Å². The molecule has 2 rings (SSSR count). The Balaban J connectivity index is 1.83. The number of nitrogens with zero attached hydrogens (tertiary/aromatic N) is 1. The van der Waals surface area contributed by atoms with E-state index in [0.29, 0.717) is 12.6 Å². The Morgan fingerprint density at radius 2 is 2.50 bits per heavy atom. The Hall–Kier alpha value is -1.29. The Labute approximate surface area is 96.0 Å². The Bertz CT molecular complexity index is 372. The Kier molecular flexibility index (Phi) is 3.29. The summed E-state index contributed by atoms with van der Waals surface area (Å²) in [7, 11) is 1.98. The summed E-state index contributed by atoms with van der Waals surface area (Å²) in [5, 5.41) is 6.28. The second-order valence-electron chi connectivity index (χ2n) is 4.54. The normalized spacial score (nSPS) is 24.6. The number of amides is 1. The van der Waals surface area contributed by atoms with E-state index >= 15 is 0 Å². The van der Waals surface area contributed by atoms with Crippen LogP contribution < -0.4 is 10.6 Å². The monoisotopic (exact) mass is 221 g/mol. The van der Waals surface area contributed by atoms with Gasteiger partial charge in [-0.3, -0.25) is 4.79 Å². The maximum Gasteiger partial charge on any atom is 0.224 e. The molecule has 0 bridgehead atoms. The van der Waals surface area contributed by atoms with Gasteiger partial charge in [0, 0.05) is 32.0 Å². The van der Waals surface area contributed by atoms with Crippen molar-refractivity contribution in [2.75, 3.05) is 6.54 Å². The largest absolute Gasteiger partial charge is 0.357 e. The van der Waals surface area contributed by atoms with Crippen LogP contribution >= 0.6 is 0 Å². The lowest BCUT2D eigenvalue weighted by atomic mass is 10.0. The molecule has 88 valence electrons. The summed E-state index contributed by atoms with van der Waals surface area (Å²) in [6.07, 6.45) is 4.96. The first-order chi connectivity index (χ1) is 7.66. The average molecular weight is 221 g/mol. The van der Waals surface area contributed by atoms with Crippen molar-refractivity contribution < 1.29 is 4.79 Å². The molecule has 2 atom stereocenters. The number of rotatable bonds is 3. The van der Waals surface area contributed by atoms with Gasteiger partial charge in [-0.15, -0.1) is 0 Å². The van der Waals surface area contributed by atoms with Crippen LogP contribution in [0.25, 0.3) is 0 Å². The number of nitrogens with one attached hydrogen (secondary N) is 2. The first kappa shape index (κ1) is 11.2. The maximum atomic E-state index is 11.9. The van der Waals surface area contributed by atoms with Gasteiger partial charge in [-0.25, -0.2) is 0 Å². The summed E-state index contributed by atoms with van der Waals surface area (Å²) >= 11 is 0. The smallest absolute Gasteiger partial charge is 0.224 e. The van der Waals surface area contributed by atoms with Crippen LogP contribution in [0.3, 0.4) is 0 Å². The van der Waals surface area contributed by atoms with Gasteiger partial charge in [-0.05, 0) is 31.5 Å². The average Bonchev–Trinajstić information content (AvgIpc) is 2.84. The van der Waals surface area contributed by atoms with Crippen LogP contribution in [-0.2, 0) is 18.4 Å². The molecule has 16 heavy (non-hydrogen) atoms. The van der Waals surface area contributed by atoms with Crippen LogP contribution in [0.5, 0.6) is 0 Å². The first-order valence-electron chi connectivity index (χ1n) is 5.79. The topological polar surface area (TPSA) is 46.1 Å². The zero-order chi connectivity index (χ0) is 11.5. The maximum absolute atomic E-state index is 11.9. The third-order valence-electron chi connectivity index (χ3n) is 3.22. The van der Waals surface area contributed by atoms with E-state index in [-0.39, 0.29) is 11.8 Å². The molecule has 1 aliphatic heterocycles. The summed E-state index contributed by atoms with van der Waals surface area (Å²) in [5.74, 6) is 0.296. The number of carbonyl (C=O) groups excluding carboxylic acids is 1. The van der Waals surface area contributed by atoms with Crippen LogP contribution in [0.2, 0.25) is 0 Å². The standard InChI is InChI=1S/C12H19N3O/c1-9-11(3-5-13-9)12(16)14-7-10-4-6-15(2)8-10/h4,6,8-9,11,13H,3,5,7H2,1-2H3,(H,14,16). The van der Waals surface area contributed by atoms with Gasteiger partial charge in [0.2, 0.25) is 5.91 Å². The quantitative estimate of drug-likeness (QED) is 0.787. The molecule has 2 unspecified atom stereocenters. The zero-order valence-electron chi connectivity index (χ0n) is 9.86. The lowest BCUT2D eigenvalue weighted by molar-refractivity contribution is -0.125. The highest BCUT2D eigenvalue weighted by Crippen LogP contribution is 2.15. The minimum absolute atomic E-state index is 0.128. The lowest BCUT2D eigenvalue weighted by Crippen LogP contribution is -2.36. The second kappa shape index (κ2) is 4.70. The van der Waals surface area contributed by atoms with Crippen LogP contribution in [0.4, 0.5) is 0 Å². The van der Waals surface area contributed by atoms with E-state index in [1.165, 1.54) is 0 Å². The van der Waals surface area contributed by atoms with Gasteiger partial charge in [-0.2, -0.15) is 0 Å². The van der Waals surface area contributed by atoms with E-state index in [9.17, 15) is 4.79 Å². The van der Waals surface area contributed by atoms with Crippen molar-refractivity contribution in [1.29, 1.82) is 0 Å². The van der Waals surface area contributed by atoms with E-state index in [1.807, 2.05) is 30.1 Å². The fourth-order valence-electron chi connectivity index (χ4n) is 2.20. The van der Waals surface area contributed by atoms with Crippen molar-refractivity contribution in [2.24, 2.45) is 13.0 Å². The number of hydrogen-bond acceptors (Lipinski definition) is 2. The fourth-order valence-corrected chi connectivity index (χ4v) is 2.20. The molecule has 1 aromatic heterocycles. The summed E-state index contributed by atoms with van der Waals surface area (Å²) < 4.78 is 1.99. The molecule has 1 aliphatic rings. The molecule has 2 N–H and O–H groups in total. The van der Waals surface area contributed by atoms with Crippen LogP contribution in [0, 0.1) is 5.92 Å². The van der Waals surface area contributed by atoms with Crippen LogP contribution in [0.15, 0.2) is 18.5 Å². The van der Waals surface area contributed by atoms with Gasteiger partial charge in [0.05, 0.1) is 5.92 Å². The molecule has 0 aliphatic carbocycles. The van der Waals surface area contributed by atoms with Gasteiger partial charge in [-0.1, -0.05) is 0 Å². The molecule has 0 radical (unpaired) electrons. The first-order valence-corrected chi connectivity index (χ1v) is 5.79. The minimum atomic E-state index is 0.128. The Morgan fingerprint density at radius 3 is 3.06 bits per heavy atom. The molecule has 0 spiro atoms. The van der Waals surface area contributed by atoms with E-state index < -0.39 is 0 Å². The number of aromatic nitrogens is 1. The predicted octanol–water partition coefficient (Wildman–Crippen LogP) is 0.639. The summed E-state index contributed by atoms with van der Waals surface area (Å²) in [6.45, 7) is 3.65. The molecular formula is C12H19N3O. The van der Waals surface area contributed by atoms with E-state index in [2.05, 4.69) is 17.6 Å². The van der Waals surface area contributed by atoms with Crippen LogP contribution in [-0.4, -0.2) is 23.1 Å². The number of hydrogen-bond donors (Lipinski definition) is 2. The van der Waals surface area contributed by atoms with Crippen molar-refractivity contribution in [3.63, 3.8) is 0 Å². The van der Waals surface area contributed by atoms with Gasteiger partial charge >= 0.3 is 0 Å². The van der Waals surface area contributed by atoms with Crippen molar-refractivity contribution in [2.45, 2.75) is 25.9 Å². The lowest BCUT2D eigenvalue weighted by Gasteiger charge is -2.14. The molecule has 0 saturated carbocycles. The molecule has 1 fully saturated rings. The van der Waals surface area contributed by atoms with Gasteiger partial charge in [0.15, 0.2) is 0 Å². The van der Waals surface area contributed by atoms with E-state index in [1.54, 1.807) is 0 Å². The highest BCUT2D eigenvalue weighted by Gasteiger charge is 2.28. The summed E-state index contributed by atoms with van der Waals surface area (Å²) in [5.41, 5.74) is 1.15. The molecule has 1 aromatic rings. The fraction of sp³-hybridized carbons (Fsp3) is 0.583. The highest BCUT2D eigenvalue weighted by molar-refractivity contribution is 5.79. The molecule has 4 nitrogen and oxygen atoms in total. The Morgan fingerprint density at radius 1 is 1.69 bits per heavy atom. The highest BCUT2D eigenvalue weighted by atomic mass is 16.1. The second-order valence-corrected chi connectivity index (χ2v) is 4.54. The van der Waals surface area contributed by atoms with Gasteiger partial charge in [0.1, 0.15) is 0 Å². The van der Waals surface area contributed by atoms with Gasteiger partial charge < -0.3 is 15.2 Å². The van der Waals surface area contributed by atoms with E-state index in [4.69, 9.17) is 0 Å². The van der Waals surface area contributed by atoms with Crippen molar-refractivity contribution in [3.05, 3.63) is 24.0 Å². The predicted molar refractivity (Wildman–Crippen MR) is 62.8 cm³/mol. The SMILES string of the molecule is CC1NCCC1C(=O)NCc1ccn(C)c1.